The first-order valence-electron chi connectivity index (χ1n) is 5.79. The van der Waals surface area contributed by atoms with Gasteiger partial charge in [-0.15, -0.1) is 23.1 Å². The molecule has 1 heterocycles. The lowest BCUT2D eigenvalue weighted by atomic mass is 10.3. The molecule has 0 saturated heterocycles. The van der Waals surface area contributed by atoms with Gasteiger partial charge >= 0.3 is 5.97 Å². The fourth-order valence-electron chi connectivity index (χ4n) is 1.38. The normalized spacial score (nSPS) is 10.4. The lowest BCUT2D eigenvalue weighted by Crippen LogP contribution is -2.03. The predicted molar refractivity (Wildman–Crippen MR) is 78.5 cm³/mol. The van der Waals surface area contributed by atoms with Crippen LogP contribution in [0.1, 0.15) is 22.4 Å². The summed E-state index contributed by atoms with van der Waals surface area (Å²) in [5, 5.41) is 2.30. The van der Waals surface area contributed by atoms with Gasteiger partial charge in [-0.25, -0.2) is 9.78 Å². The van der Waals surface area contributed by atoms with Crippen LogP contribution in [0.4, 0.5) is 5.69 Å². The molecule has 1 aromatic carbocycles. The number of hydrogen-bond donors (Lipinski definition) is 1. The predicted octanol–water partition coefficient (Wildman–Crippen LogP) is 3.19. The summed E-state index contributed by atoms with van der Waals surface area (Å²) in [6, 6.07) is 7.68. The summed E-state index contributed by atoms with van der Waals surface area (Å²) in [7, 11) is 0. The molecular formula is C13H14N2O2S2. The summed E-state index contributed by atoms with van der Waals surface area (Å²) in [4.78, 5) is 16.9. The number of carbonyl (C=O) groups is 1. The summed E-state index contributed by atoms with van der Waals surface area (Å²) in [6.45, 7) is 2.15. The maximum Gasteiger partial charge on any atom is 0.367 e. The zero-order chi connectivity index (χ0) is 13.7. The molecule has 2 aromatic rings. The molecule has 0 aliphatic carbocycles. The summed E-state index contributed by atoms with van der Waals surface area (Å²) in [5.74, 6) is 0.371. The number of aromatic nitrogens is 1. The average molecular weight is 294 g/mol. The van der Waals surface area contributed by atoms with Crippen molar-refractivity contribution in [3.8, 4) is 0 Å². The minimum atomic E-state index is -0.351. The molecule has 4 nitrogen and oxygen atoms in total. The standard InChI is InChI=1S/C13H14N2O2S2/c1-2-17-13(16)12-15-10(8-19-12)7-18-11-5-3-9(14)4-6-11/h3-6,8H,2,7,14H2,1H3. The van der Waals surface area contributed by atoms with Gasteiger partial charge < -0.3 is 10.5 Å². The van der Waals surface area contributed by atoms with Crippen molar-refractivity contribution in [1.82, 2.24) is 4.98 Å². The summed E-state index contributed by atoms with van der Waals surface area (Å²) >= 11 is 2.97. The van der Waals surface area contributed by atoms with Crippen molar-refractivity contribution in [3.63, 3.8) is 0 Å². The van der Waals surface area contributed by atoms with Crippen molar-refractivity contribution in [2.24, 2.45) is 0 Å². The Bertz CT molecular complexity index is 552. The Labute approximate surface area is 120 Å². The largest absolute Gasteiger partial charge is 0.461 e. The second-order valence-corrected chi connectivity index (χ2v) is 5.63. The van der Waals surface area contributed by atoms with Crippen molar-refractivity contribution >= 4 is 34.8 Å². The van der Waals surface area contributed by atoms with Crippen LogP contribution in [0.3, 0.4) is 0 Å². The first-order valence-corrected chi connectivity index (χ1v) is 7.65. The van der Waals surface area contributed by atoms with Gasteiger partial charge in [0.05, 0.1) is 12.3 Å². The van der Waals surface area contributed by atoms with Gasteiger partial charge in [-0.2, -0.15) is 0 Å². The molecule has 0 saturated carbocycles. The molecule has 0 atom stereocenters. The highest BCUT2D eigenvalue weighted by Gasteiger charge is 2.11. The molecule has 6 heteroatoms. The number of nitrogens with two attached hydrogens (primary N) is 1. The van der Waals surface area contributed by atoms with Gasteiger partial charge in [0.2, 0.25) is 5.01 Å². The smallest absolute Gasteiger partial charge is 0.367 e. The maximum atomic E-state index is 11.5. The number of esters is 1. The van der Waals surface area contributed by atoms with Gasteiger partial charge in [-0.3, -0.25) is 0 Å². The highest BCUT2D eigenvalue weighted by Crippen LogP contribution is 2.24. The minimum Gasteiger partial charge on any atom is -0.461 e. The van der Waals surface area contributed by atoms with E-state index in [0.717, 1.165) is 22.0 Å². The van der Waals surface area contributed by atoms with Crippen LogP contribution in [0.2, 0.25) is 0 Å². The van der Waals surface area contributed by atoms with Crippen LogP contribution < -0.4 is 5.73 Å². The minimum absolute atomic E-state index is 0.351. The third-order valence-corrected chi connectivity index (χ3v) is 4.19. The molecule has 19 heavy (non-hydrogen) atoms. The number of hydrogen-bond acceptors (Lipinski definition) is 6. The van der Waals surface area contributed by atoms with E-state index in [0.29, 0.717) is 11.6 Å². The van der Waals surface area contributed by atoms with Gasteiger partial charge in [0.15, 0.2) is 0 Å². The van der Waals surface area contributed by atoms with Gasteiger partial charge in [0, 0.05) is 21.7 Å². The van der Waals surface area contributed by atoms with Gasteiger partial charge in [-0.05, 0) is 31.2 Å². The average Bonchev–Trinajstić information content (AvgIpc) is 2.87. The number of thiazole rings is 1. The van der Waals surface area contributed by atoms with Crippen molar-refractivity contribution in [3.05, 3.63) is 40.3 Å². The lowest BCUT2D eigenvalue weighted by molar-refractivity contribution is 0.0525. The van der Waals surface area contributed by atoms with Gasteiger partial charge in [-0.1, -0.05) is 0 Å². The van der Waals surface area contributed by atoms with Gasteiger partial charge in [0.1, 0.15) is 0 Å². The van der Waals surface area contributed by atoms with Crippen LogP contribution in [0.5, 0.6) is 0 Å². The lowest BCUT2D eigenvalue weighted by Gasteiger charge is -2.00. The zero-order valence-corrected chi connectivity index (χ0v) is 12.1. The zero-order valence-electron chi connectivity index (χ0n) is 10.5. The number of carbonyl (C=O) groups excluding carboxylic acids is 1. The monoisotopic (exact) mass is 294 g/mol. The number of nitrogens with zero attached hydrogens (tertiary/aromatic N) is 1. The fraction of sp³-hybridized carbons (Fsp3) is 0.231. The van der Waals surface area contributed by atoms with Crippen LogP contribution in [-0.2, 0) is 10.5 Å². The Morgan fingerprint density at radius 2 is 2.16 bits per heavy atom. The van der Waals surface area contributed by atoms with E-state index < -0.39 is 0 Å². The Morgan fingerprint density at radius 1 is 1.42 bits per heavy atom. The number of anilines is 1. The fourth-order valence-corrected chi connectivity index (χ4v) is 2.99. The molecule has 0 aliphatic heterocycles. The molecule has 2 N–H and O–H groups in total. The molecule has 0 amide bonds. The molecule has 100 valence electrons. The van der Waals surface area contributed by atoms with E-state index >= 15 is 0 Å². The van der Waals surface area contributed by atoms with Crippen molar-refractivity contribution < 1.29 is 9.53 Å². The van der Waals surface area contributed by atoms with Crippen LogP contribution in [0.15, 0.2) is 34.5 Å². The van der Waals surface area contributed by atoms with E-state index in [2.05, 4.69) is 4.98 Å². The number of thioether (sulfide) groups is 1. The molecule has 0 aliphatic rings. The Hall–Kier alpha value is -1.53. The Kier molecular flexibility index (Phi) is 4.81. The summed E-state index contributed by atoms with van der Waals surface area (Å²) < 4.78 is 4.91. The number of ether oxygens (including phenoxy) is 1. The molecule has 0 bridgehead atoms. The van der Waals surface area contributed by atoms with Crippen molar-refractivity contribution in [1.29, 1.82) is 0 Å². The van der Waals surface area contributed by atoms with E-state index in [9.17, 15) is 4.79 Å². The quantitative estimate of drug-likeness (QED) is 0.521. The molecule has 0 radical (unpaired) electrons. The Balaban J connectivity index is 1.93. The second-order valence-electron chi connectivity index (χ2n) is 3.72. The molecule has 0 unspecified atom stereocenters. The summed E-state index contributed by atoms with van der Waals surface area (Å²) in [5.41, 5.74) is 7.26. The van der Waals surface area contributed by atoms with Crippen molar-refractivity contribution in [2.75, 3.05) is 12.3 Å². The first kappa shape index (κ1) is 13.9. The van der Waals surface area contributed by atoms with Crippen molar-refractivity contribution in [2.45, 2.75) is 17.6 Å². The maximum absolute atomic E-state index is 11.5. The van der Waals surface area contributed by atoms with E-state index in [1.165, 1.54) is 11.3 Å². The van der Waals surface area contributed by atoms with Crippen LogP contribution in [0, 0.1) is 0 Å². The van der Waals surface area contributed by atoms with Crippen LogP contribution in [-0.4, -0.2) is 17.6 Å². The SMILES string of the molecule is CCOC(=O)c1nc(CSc2ccc(N)cc2)cs1. The second kappa shape index (κ2) is 6.58. The van der Waals surface area contributed by atoms with Gasteiger partial charge in [0.25, 0.3) is 0 Å². The third kappa shape index (κ3) is 3.97. The molecular weight excluding hydrogens is 280 g/mol. The molecule has 0 fully saturated rings. The number of nitrogen functional groups attached to an aromatic ring is 1. The highest BCUT2D eigenvalue weighted by atomic mass is 32.2. The Morgan fingerprint density at radius 3 is 2.84 bits per heavy atom. The van der Waals surface area contributed by atoms with E-state index in [-0.39, 0.29) is 5.97 Å². The van der Waals surface area contributed by atoms with Crippen LogP contribution >= 0.6 is 23.1 Å². The number of rotatable bonds is 5. The third-order valence-electron chi connectivity index (χ3n) is 2.27. The molecule has 1 aromatic heterocycles. The van der Waals surface area contributed by atoms with E-state index in [1.807, 2.05) is 29.6 Å². The van der Waals surface area contributed by atoms with E-state index in [4.69, 9.17) is 10.5 Å². The molecule has 0 spiro atoms. The molecule has 2 rings (SSSR count). The number of benzene rings is 1. The first-order chi connectivity index (χ1) is 9.19. The van der Waals surface area contributed by atoms with E-state index in [1.54, 1.807) is 18.7 Å². The van der Waals surface area contributed by atoms with Crippen LogP contribution in [0.25, 0.3) is 0 Å². The topological polar surface area (TPSA) is 65.2 Å². The highest BCUT2D eigenvalue weighted by molar-refractivity contribution is 7.98. The summed E-state index contributed by atoms with van der Waals surface area (Å²) in [6.07, 6.45) is 0.